The molecule has 0 bridgehead atoms. The van der Waals surface area contributed by atoms with Crippen LogP contribution in [0.25, 0.3) is 11.0 Å². The molecular formula is C15H13F2N5S. The lowest BCUT2D eigenvalue weighted by Gasteiger charge is -2.08. The number of benzene rings is 1. The third-order valence-electron chi connectivity index (χ3n) is 3.95. The molecule has 3 heterocycles. The lowest BCUT2D eigenvalue weighted by molar-refractivity contribution is 0.507. The minimum Gasteiger partial charge on any atom is -0.345 e. The lowest BCUT2D eigenvalue weighted by Crippen LogP contribution is -2.02. The fourth-order valence-corrected chi connectivity index (χ4v) is 3.03. The number of nitrogens with zero attached hydrogens (tertiary/aromatic N) is 5. The van der Waals surface area contributed by atoms with Crippen molar-refractivity contribution in [2.45, 2.75) is 11.2 Å². The molecule has 2 aromatic heterocycles. The van der Waals surface area contributed by atoms with Gasteiger partial charge in [-0.05, 0) is 24.0 Å². The van der Waals surface area contributed by atoms with Crippen LogP contribution in [0.2, 0.25) is 0 Å². The highest BCUT2D eigenvalue weighted by molar-refractivity contribution is 7.98. The third kappa shape index (κ3) is 2.33. The van der Waals surface area contributed by atoms with Crippen LogP contribution in [-0.4, -0.2) is 32.5 Å². The van der Waals surface area contributed by atoms with Gasteiger partial charge in [0.25, 0.3) is 0 Å². The summed E-state index contributed by atoms with van der Waals surface area (Å²) in [5, 5.41) is 5.75. The third-order valence-corrected chi connectivity index (χ3v) is 4.49. The molecule has 1 aliphatic heterocycles. The predicted molar refractivity (Wildman–Crippen MR) is 84.5 cm³/mol. The summed E-state index contributed by atoms with van der Waals surface area (Å²) in [7, 11) is 1.83. The highest BCUT2D eigenvalue weighted by Gasteiger charge is 2.38. The van der Waals surface area contributed by atoms with E-state index in [1.165, 1.54) is 17.8 Å². The average Bonchev–Trinajstić information content (AvgIpc) is 3.27. The van der Waals surface area contributed by atoms with E-state index in [1.54, 1.807) is 16.9 Å². The standard InChI is InChI=1S/C15H13F2N5S/c1-21-13-9(6-18-21)14(20-15(19-13)23-2)22-7-12(22)8-3-4-10(16)11(17)5-8/h3-6,12H,7H2,1-2H3. The van der Waals surface area contributed by atoms with E-state index < -0.39 is 11.6 Å². The van der Waals surface area contributed by atoms with Gasteiger partial charge in [0.1, 0.15) is 5.82 Å². The van der Waals surface area contributed by atoms with E-state index in [-0.39, 0.29) is 6.04 Å². The number of aryl methyl sites for hydroxylation is 1. The molecule has 0 amide bonds. The van der Waals surface area contributed by atoms with E-state index in [0.717, 1.165) is 28.5 Å². The molecule has 23 heavy (non-hydrogen) atoms. The second kappa shape index (κ2) is 5.16. The van der Waals surface area contributed by atoms with Crippen molar-refractivity contribution in [3.63, 3.8) is 0 Å². The van der Waals surface area contributed by atoms with E-state index >= 15 is 0 Å². The SMILES string of the molecule is CSc1nc(N2CC2c2ccc(F)c(F)c2)c2cnn(C)c2n1. The maximum Gasteiger partial charge on any atom is 0.191 e. The highest BCUT2D eigenvalue weighted by Crippen LogP contribution is 2.42. The molecule has 1 aliphatic rings. The van der Waals surface area contributed by atoms with Crippen molar-refractivity contribution in [1.29, 1.82) is 0 Å². The van der Waals surface area contributed by atoms with Crippen molar-refractivity contribution in [2.24, 2.45) is 7.05 Å². The smallest absolute Gasteiger partial charge is 0.191 e. The molecule has 0 spiro atoms. The van der Waals surface area contributed by atoms with Crippen molar-refractivity contribution in [2.75, 3.05) is 17.7 Å². The molecule has 1 aromatic carbocycles. The predicted octanol–water partition coefficient (Wildman–Crippen LogP) is 2.92. The molecule has 1 saturated heterocycles. The molecule has 4 rings (SSSR count). The molecule has 1 unspecified atom stereocenters. The van der Waals surface area contributed by atoms with E-state index in [0.29, 0.717) is 11.7 Å². The fraction of sp³-hybridized carbons (Fsp3) is 0.267. The van der Waals surface area contributed by atoms with Crippen LogP contribution in [0.4, 0.5) is 14.6 Å². The van der Waals surface area contributed by atoms with Crippen LogP contribution in [0, 0.1) is 11.6 Å². The number of thioether (sulfide) groups is 1. The summed E-state index contributed by atoms with van der Waals surface area (Å²) in [6, 6.07) is 4.02. The number of hydrogen-bond acceptors (Lipinski definition) is 5. The molecule has 5 nitrogen and oxygen atoms in total. The normalized spacial score (nSPS) is 17.0. The van der Waals surface area contributed by atoms with Gasteiger partial charge in [0.2, 0.25) is 0 Å². The molecular weight excluding hydrogens is 320 g/mol. The van der Waals surface area contributed by atoms with Gasteiger partial charge < -0.3 is 4.90 Å². The van der Waals surface area contributed by atoms with Gasteiger partial charge in [0.15, 0.2) is 22.4 Å². The average molecular weight is 333 g/mol. The Bertz CT molecular complexity index is 910. The second-order valence-corrected chi connectivity index (χ2v) is 6.15. The first kappa shape index (κ1) is 14.4. The first-order chi connectivity index (χ1) is 11.1. The highest BCUT2D eigenvalue weighted by atomic mass is 32.2. The number of rotatable bonds is 3. The van der Waals surface area contributed by atoms with Crippen molar-refractivity contribution in [1.82, 2.24) is 19.7 Å². The molecule has 0 N–H and O–H groups in total. The van der Waals surface area contributed by atoms with E-state index in [4.69, 9.17) is 0 Å². The number of anilines is 1. The van der Waals surface area contributed by atoms with Crippen LogP contribution in [0.1, 0.15) is 11.6 Å². The summed E-state index contributed by atoms with van der Waals surface area (Å²) in [6.45, 7) is 0.708. The van der Waals surface area contributed by atoms with Gasteiger partial charge >= 0.3 is 0 Å². The molecule has 1 atom stereocenters. The Morgan fingerprint density at radius 2 is 2.04 bits per heavy atom. The summed E-state index contributed by atoms with van der Waals surface area (Å²) in [4.78, 5) is 11.1. The molecule has 8 heteroatoms. The Labute approximate surface area is 135 Å². The Morgan fingerprint density at radius 1 is 1.22 bits per heavy atom. The maximum atomic E-state index is 13.4. The molecule has 0 radical (unpaired) electrons. The Hall–Kier alpha value is -2.22. The van der Waals surface area contributed by atoms with E-state index in [1.807, 2.05) is 18.2 Å². The van der Waals surface area contributed by atoms with Crippen LogP contribution in [-0.2, 0) is 7.05 Å². The minimum absolute atomic E-state index is 0.00175. The van der Waals surface area contributed by atoms with Crippen LogP contribution in [0.5, 0.6) is 0 Å². The summed E-state index contributed by atoms with van der Waals surface area (Å²) in [5.41, 5.74) is 1.50. The Morgan fingerprint density at radius 3 is 2.78 bits per heavy atom. The monoisotopic (exact) mass is 333 g/mol. The van der Waals surface area contributed by atoms with Crippen LogP contribution in [0.15, 0.2) is 29.6 Å². The number of halogens is 2. The summed E-state index contributed by atoms with van der Waals surface area (Å²) in [5.74, 6) is -0.877. The largest absolute Gasteiger partial charge is 0.345 e. The van der Waals surface area contributed by atoms with Crippen LogP contribution >= 0.6 is 11.8 Å². The van der Waals surface area contributed by atoms with Gasteiger partial charge in [-0.2, -0.15) is 5.10 Å². The van der Waals surface area contributed by atoms with E-state index in [2.05, 4.69) is 15.1 Å². The van der Waals surface area contributed by atoms with Gasteiger partial charge in [-0.3, -0.25) is 4.68 Å². The fourth-order valence-electron chi connectivity index (χ4n) is 2.68. The Kier molecular flexibility index (Phi) is 3.22. The van der Waals surface area contributed by atoms with Gasteiger partial charge in [-0.15, -0.1) is 0 Å². The lowest BCUT2D eigenvalue weighted by atomic mass is 10.1. The van der Waals surface area contributed by atoms with Crippen LogP contribution < -0.4 is 4.90 Å². The van der Waals surface area contributed by atoms with Crippen LogP contribution in [0.3, 0.4) is 0 Å². The molecule has 0 aliphatic carbocycles. The quantitative estimate of drug-likeness (QED) is 0.419. The summed E-state index contributed by atoms with van der Waals surface area (Å²) in [6.07, 6.45) is 3.64. The number of aromatic nitrogens is 4. The van der Waals surface area contributed by atoms with E-state index in [9.17, 15) is 8.78 Å². The molecule has 3 aromatic rings. The minimum atomic E-state index is -0.831. The van der Waals surface area contributed by atoms with Crippen molar-refractivity contribution < 1.29 is 8.78 Å². The first-order valence-corrected chi connectivity index (χ1v) is 8.26. The second-order valence-electron chi connectivity index (χ2n) is 5.38. The first-order valence-electron chi connectivity index (χ1n) is 7.04. The topological polar surface area (TPSA) is 46.6 Å². The molecule has 1 fully saturated rings. The van der Waals surface area contributed by atoms with Gasteiger partial charge in [-0.25, -0.2) is 18.7 Å². The van der Waals surface area contributed by atoms with Gasteiger partial charge in [-0.1, -0.05) is 17.8 Å². The van der Waals surface area contributed by atoms with Gasteiger partial charge in [0, 0.05) is 13.6 Å². The Balaban J connectivity index is 1.74. The zero-order chi connectivity index (χ0) is 16.1. The number of hydrogen-bond donors (Lipinski definition) is 0. The molecule has 118 valence electrons. The van der Waals surface area contributed by atoms with Gasteiger partial charge in [0.05, 0.1) is 17.6 Å². The van der Waals surface area contributed by atoms with Crippen molar-refractivity contribution >= 4 is 28.6 Å². The summed E-state index contributed by atoms with van der Waals surface area (Å²) < 4.78 is 28.2. The zero-order valence-electron chi connectivity index (χ0n) is 12.5. The van der Waals surface area contributed by atoms with Crippen molar-refractivity contribution in [3.8, 4) is 0 Å². The van der Waals surface area contributed by atoms with Crippen molar-refractivity contribution in [3.05, 3.63) is 41.6 Å². The number of fused-ring (bicyclic) bond motifs is 1. The summed E-state index contributed by atoms with van der Waals surface area (Å²) >= 11 is 1.46. The zero-order valence-corrected chi connectivity index (χ0v) is 13.3. The maximum absolute atomic E-state index is 13.4. The molecule has 0 saturated carbocycles.